The average Bonchev–Trinajstić information content (AvgIpc) is 3.16. The number of thioether (sulfide) groups is 1. The van der Waals surface area contributed by atoms with Crippen LogP contribution < -0.4 is 10.2 Å². The van der Waals surface area contributed by atoms with E-state index in [9.17, 15) is 9.59 Å². The second-order valence-corrected chi connectivity index (χ2v) is 7.26. The molecule has 28 heavy (non-hydrogen) atoms. The van der Waals surface area contributed by atoms with Crippen LogP contribution in [0.2, 0.25) is 0 Å². The predicted octanol–water partition coefficient (Wildman–Crippen LogP) is 2.46. The van der Waals surface area contributed by atoms with Crippen molar-refractivity contribution in [1.29, 1.82) is 0 Å². The van der Waals surface area contributed by atoms with Gasteiger partial charge >= 0.3 is 0 Å². The molecule has 0 aliphatic carbocycles. The number of hydrogen-bond donors (Lipinski definition) is 1. The fourth-order valence-corrected chi connectivity index (χ4v) is 3.76. The van der Waals surface area contributed by atoms with E-state index in [2.05, 4.69) is 20.4 Å². The molecule has 2 aromatic rings. The summed E-state index contributed by atoms with van der Waals surface area (Å²) in [7, 11) is 0. The maximum Gasteiger partial charge on any atom is 0.228 e. The molecule has 1 aromatic heterocycles. The molecule has 0 bridgehead atoms. The molecule has 1 N–H and O–H groups in total. The fourth-order valence-electron chi connectivity index (χ4n) is 2.86. The SMILES string of the molecule is CCC(=O)Nc1ccc(C(=O)CSc2nnc(N3CCOCC3)n2CC)cc1. The van der Waals surface area contributed by atoms with Crippen LogP contribution in [0, 0.1) is 0 Å². The number of morpholine rings is 1. The molecule has 0 saturated carbocycles. The van der Waals surface area contributed by atoms with Gasteiger partial charge in [0.2, 0.25) is 11.9 Å². The van der Waals surface area contributed by atoms with Crippen molar-refractivity contribution in [2.24, 2.45) is 0 Å². The van der Waals surface area contributed by atoms with Gasteiger partial charge in [0, 0.05) is 37.3 Å². The number of nitrogens with one attached hydrogen (secondary N) is 1. The Morgan fingerprint density at radius 1 is 1.14 bits per heavy atom. The molecule has 0 atom stereocenters. The average molecular weight is 404 g/mol. The highest BCUT2D eigenvalue weighted by molar-refractivity contribution is 7.99. The highest BCUT2D eigenvalue weighted by Gasteiger charge is 2.20. The van der Waals surface area contributed by atoms with Crippen molar-refractivity contribution < 1.29 is 14.3 Å². The molecule has 3 rings (SSSR count). The van der Waals surface area contributed by atoms with Gasteiger partial charge in [-0.2, -0.15) is 0 Å². The summed E-state index contributed by atoms with van der Waals surface area (Å²) >= 11 is 1.39. The number of hydrogen-bond acceptors (Lipinski definition) is 7. The molecular weight excluding hydrogens is 378 g/mol. The summed E-state index contributed by atoms with van der Waals surface area (Å²) in [6.07, 6.45) is 0.419. The van der Waals surface area contributed by atoms with E-state index in [4.69, 9.17) is 4.74 Å². The lowest BCUT2D eigenvalue weighted by Crippen LogP contribution is -2.38. The number of ether oxygens (including phenoxy) is 1. The summed E-state index contributed by atoms with van der Waals surface area (Å²) in [5.74, 6) is 1.07. The smallest absolute Gasteiger partial charge is 0.228 e. The van der Waals surface area contributed by atoms with Gasteiger partial charge in [-0.15, -0.1) is 10.2 Å². The summed E-state index contributed by atoms with van der Waals surface area (Å²) in [6.45, 7) is 7.54. The van der Waals surface area contributed by atoms with Crippen molar-refractivity contribution in [2.45, 2.75) is 32.0 Å². The number of rotatable bonds is 8. The van der Waals surface area contributed by atoms with Crippen LogP contribution in [0.25, 0.3) is 0 Å². The number of aromatic nitrogens is 3. The lowest BCUT2D eigenvalue weighted by atomic mass is 10.1. The number of anilines is 2. The molecule has 0 unspecified atom stereocenters. The van der Waals surface area contributed by atoms with E-state index in [0.717, 1.165) is 30.7 Å². The van der Waals surface area contributed by atoms with E-state index in [0.29, 0.717) is 30.9 Å². The molecule has 0 radical (unpaired) electrons. The standard InChI is InChI=1S/C19H25N5O3S/c1-3-17(26)20-15-7-5-14(6-8-15)16(25)13-28-19-22-21-18(24(19)4-2)23-9-11-27-12-10-23/h5-8H,3-4,9-13H2,1-2H3,(H,20,26). The van der Waals surface area contributed by atoms with E-state index in [1.165, 1.54) is 11.8 Å². The Labute approximate surface area is 168 Å². The first kappa shape index (κ1) is 20.3. The number of carbonyl (C=O) groups excluding carboxylic acids is 2. The summed E-state index contributed by atoms with van der Waals surface area (Å²) in [5.41, 5.74) is 1.30. The van der Waals surface area contributed by atoms with Crippen LogP contribution in [-0.4, -0.2) is 58.5 Å². The third-order valence-corrected chi connectivity index (χ3v) is 5.42. The minimum absolute atomic E-state index is 0.0111. The Kier molecular flexibility index (Phi) is 7.05. The van der Waals surface area contributed by atoms with Gasteiger partial charge < -0.3 is 15.0 Å². The van der Waals surface area contributed by atoms with Crippen LogP contribution in [0.1, 0.15) is 30.6 Å². The number of benzene rings is 1. The number of ketones is 1. The molecule has 1 saturated heterocycles. The normalized spacial score (nSPS) is 14.1. The molecule has 150 valence electrons. The van der Waals surface area contributed by atoms with Gasteiger partial charge in [0.25, 0.3) is 0 Å². The molecule has 1 aromatic carbocycles. The Morgan fingerprint density at radius 2 is 1.86 bits per heavy atom. The van der Waals surface area contributed by atoms with E-state index in [1.807, 2.05) is 11.5 Å². The highest BCUT2D eigenvalue weighted by atomic mass is 32.2. The van der Waals surface area contributed by atoms with Gasteiger partial charge in [0.05, 0.1) is 19.0 Å². The van der Waals surface area contributed by atoms with Gasteiger partial charge in [0.15, 0.2) is 10.9 Å². The molecule has 8 nitrogen and oxygen atoms in total. The summed E-state index contributed by atoms with van der Waals surface area (Å²) < 4.78 is 7.43. The van der Waals surface area contributed by atoms with Crippen LogP contribution in [0.5, 0.6) is 0 Å². The molecule has 9 heteroatoms. The van der Waals surface area contributed by atoms with Crippen molar-refractivity contribution >= 4 is 35.1 Å². The zero-order valence-electron chi connectivity index (χ0n) is 16.2. The van der Waals surface area contributed by atoms with Gasteiger partial charge in [-0.1, -0.05) is 18.7 Å². The quantitative estimate of drug-likeness (QED) is 0.535. The van der Waals surface area contributed by atoms with Gasteiger partial charge in [-0.3, -0.25) is 14.2 Å². The van der Waals surface area contributed by atoms with Crippen molar-refractivity contribution in [3.63, 3.8) is 0 Å². The Morgan fingerprint density at radius 3 is 2.50 bits per heavy atom. The first-order valence-corrected chi connectivity index (χ1v) is 10.4. The third-order valence-electron chi connectivity index (χ3n) is 4.45. The van der Waals surface area contributed by atoms with Crippen LogP contribution in [0.3, 0.4) is 0 Å². The largest absolute Gasteiger partial charge is 0.378 e. The van der Waals surface area contributed by atoms with E-state index in [1.54, 1.807) is 31.2 Å². The number of carbonyl (C=O) groups is 2. The molecule has 1 aliphatic heterocycles. The molecule has 1 aliphatic rings. The monoisotopic (exact) mass is 403 g/mol. The fraction of sp³-hybridized carbons (Fsp3) is 0.474. The number of amides is 1. The zero-order chi connectivity index (χ0) is 19.9. The third kappa shape index (κ3) is 4.90. The Hall–Kier alpha value is -2.39. The predicted molar refractivity (Wildman–Crippen MR) is 109 cm³/mol. The van der Waals surface area contributed by atoms with Crippen LogP contribution >= 0.6 is 11.8 Å². The lowest BCUT2D eigenvalue weighted by Gasteiger charge is -2.27. The van der Waals surface area contributed by atoms with Crippen molar-refractivity contribution in [2.75, 3.05) is 42.3 Å². The van der Waals surface area contributed by atoms with Gasteiger partial charge in [-0.05, 0) is 31.2 Å². The van der Waals surface area contributed by atoms with Gasteiger partial charge in [-0.25, -0.2) is 0 Å². The Balaban J connectivity index is 1.61. The minimum Gasteiger partial charge on any atom is -0.378 e. The summed E-state index contributed by atoms with van der Waals surface area (Å²) in [5, 5.41) is 12.1. The van der Waals surface area contributed by atoms with E-state index in [-0.39, 0.29) is 17.4 Å². The van der Waals surface area contributed by atoms with Gasteiger partial charge in [0.1, 0.15) is 0 Å². The van der Waals surface area contributed by atoms with Crippen molar-refractivity contribution in [1.82, 2.24) is 14.8 Å². The molecule has 1 fully saturated rings. The number of Topliss-reactive ketones (excluding diaryl/α,β-unsaturated/α-hetero) is 1. The van der Waals surface area contributed by atoms with Crippen LogP contribution in [0.15, 0.2) is 29.4 Å². The first-order valence-electron chi connectivity index (χ1n) is 9.44. The minimum atomic E-state index is -0.0513. The first-order chi connectivity index (χ1) is 13.6. The molecular formula is C19H25N5O3S. The maximum absolute atomic E-state index is 12.5. The lowest BCUT2D eigenvalue weighted by molar-refractivity contribution is -0.115. The van der Waals surface area contributed by atoms with E-state index >= 15 is 0 Å². The molecule has 2 heterocycles. The van der Waals surface area contributed by atoms with Crippen molar-refractivity contribution in [3.8, 4) is 0 Å². The molecule has 1 amide bonds. The second kappa shape index (κ2) is 9.70. The van der Waals surface area contributed by atoms with Crippen LogP contribution in [-0.2, 0) is 16.1 Å². The zero-order valence-corrected chi connectivity index (χ0v) is 17.0. The van der Waals surface area contributed by atoms with E-state index < -0.39 is 0 Å². The summed E-state index contributed by atoms with van der Waals surface area (Å²) in [6, 6.07) is 6.96. The highest BCUT2D eigenvalue weighted by Crippen LogP contribution is 2.23. The topological polar surface area (TPSA) is 89.3 Å². The molecule has 0 spiro atoms. The van der Waals surface area contributed by atoms with Crippen LogP contribution in [0.4, 0.5) is 11.6 Å². The Bertz CT molecular complexity index is 815. The maximum atomic E-state index is 12.5. The van der Waals surface area contributed by atoms with Crippen molar-refractivity contribution in [3.05, 3.63) is 29.8 Å². The number of nitrogens with zero attached hydrogens (tertiary/aromatic N) is 4. The second-order valence-electron chi connectivity index (χ2n) is 6.32. The summed E-state index contributed by atoms with van der Waals surface area (Å²) in [4.78, 5) is 26.1.